The number of carbonyl (C=O) groups excluding carboxylic acids is 4. The van der Waals surface area contributed by atoms with Crippen molar-refractivity contribution in [3.05, 3.63) is 235 Å². The Balaban J connectivity index is 0.000000192. The highest BCUT2D eigenvalue weighted by molar-refractivity contribution is 5.87. The number of nitrogens with one attached hydrogen (secondary N) is 6. The summed E-state index contributed by atoms with van der Waals surface area (Å²) in [6.07, 6.45) is 13.7. The van der Waals surface area contributed by atoms with Gasteiger partial charge in [-0.15, -0.1) is 0 Å². The third-order valence-electron chi connectivity index (χ3n) is 26.3. The zero-order chi connectivity index (χ0) is 90.1. The topological polar surface area (TPSA) is 202 Å². The predicted octanol–water partition coefficient (Wildman–Crippen LogP) is 17.6. The number of rotatable bonds is 47. The second-order valence-corrected chi connectivity index (χ2v) is 35.4. The van der Waals surface area contributed by atoms with Crippen molar-refractivity contribution in [3.63, 3.8) is 0 Å². The van der Waals surface area contributed by atoms with E-state index < -0.39 is 10.8 Å². The van der Waals surface area contributed by atoms with Gasteiger partial charge in [-0.1, -0.05) is 210 Å². The zero-order valence-electron chi connectivity index (χ0n) is 79.2. The van der Waals surface area contributed by atoms with E-state index in [0.29, 0.717) is 130 Å². The zero-order valence-corrected chi connectivity index (χ0v) is 79.2. The van der Waals surface area contributed by atoms with Crippen molar-refractivity contribution in [3.8, 4) is 44.5 Å². The van der Waals surface area contributed by atoms with Gasteiger partial charge in [0.15, 0.2) is 0 Å². The van der Waals surface area contributed by atoms with Gasteiger partial charge in [0.2, 0.25) is 23.6 Å². The molecule has 12 rings (SSSR count). The normalized spacial score (nSPS) is 13.7. The first-order valence-corrected chi connectivity index (χ1v) is 46.0. The van der Waals surface area contributed by atoms with Crippen molar-refractivity contribution in [1.82, 2.24) is 41.7 Å². The number of fused-ring (bicyclic) bond motifs is 12. The molecule has 0 saturated carbocycles. The number of benzene rings is 8. The lowest BCUT2D eigenvalue weighted by Crippen LogP contribution is -2.38. The first kappa shape index (κ1) is 100. The quantitative estimate of drug-likeness (QED) is 0.0197. The number of unbranched alkanes of at least 4 members (excludes halogenated alkanes) is 2. The molecule has 0 atom stereocenters. The number of hydrogen-bond donors (Lipinski definition) is 6. The van der Waals surface area contributed by atoms with Crippen LogP contribution in [0.2, 0.25) is 0 Å². The molecule has 18 heteroatoms. The van der Waals surface area contributed by atoms with Gasteiger partial charge in [-0.25, -0.2) is 0 Å². The number of aryl methyl sites for hydroxylation is 8. The van der Waals surface area contributed by atoms with E-state index in [1.165, 1.54) is 172 Å². The highest BCUT2D eigenvalue weighted by Gasteiger charge is 2.47. The Morgan fingerprint density at radius 1 is 0.280 bits per heavy atom. The van der Waals surface area contributed by atoms with E-state index in [9.17, 15) is 19.2 Å². The summed E-state index contributed by atoms with van der Waals surface area (Å²) in [4.78, 5) is 56.2. The van der Waals surface area contributed by atoms with Gasteiger partial charge >= 0.3 is 0 Å². The van der Waals surface area contributed by atoms with Crippen LogP contribution in [0.1, 0.15) is 199 Å². The average molecular weight is 1710 g/mol. The van der Waals surface area contributed by atoms with Crippen molar-refractivity contribution < 1.29 is 47.6 Å². The van der Waals surface area contributed by atoms with Crippen LogP contribution in [0.3, 0.4) is 0 Å². The van der Waals surface area contributed by atoms with E-state index in [4.69, 9.17) is 28.4 Å². The first-order chi connectivity index (χ1) is 60.4. The molecule has 4 aliphatic carbocycles. The Morgan fingerprint density at radius 2 is 0.536 bits per heavy atom. The monoisotopic (exact) mass is 1710 g/mol. The van der Waals surface area contributed by atoms with Crippen molar-refractivity contribution >= 4 is 23.6 Å². The molecule has 125 heavy (non-hydrogen) atoms. The lowest BCUT2D eigenvalue weighted by molar-refractivity contribution is -0.133. The van der Waals surface area contributed by atoms with Crippen LogP contribution in [0.15, 0.2) is 146 Å². The van der Waals surface area contributed by atoms with E-state index in [1.54, 1.807) is 35.5 Å². The summed E-state index contributed by atoms with van der Waals surface area (Å²) in [5.74, 6) is 0.251. The van der Waals surface area contributed by atoms with Crippen LogP contribution in [-0.4, -0.2) is 209 Å². The molecule has 0 unspecified atom stereocenters. The number of likely N-dealkylation sites (N-methyl/N-ethyl adjacent to an activating group) is 2. The summed E-state index contributed by atoms with van der Waals surface area (Å²) in [5.41, 5.74) is 31.2. The molecule has 8 aromatic carbocycles. The standard InChI is InChI=1S/2C30H43N3O4.C26H37NO2.C21H27N/c2*1-22-6-8-24-25-9-7-23(2)21-27(25)30(26(24)20-22,12-10-28(34)32-15-14-31-3)13-11-29(35)33(16-18-36-4)17-19-37-5;1-20-8-10-22-23-11-9-21(2)19-25(23)26(24(22)18-20,12-5-6-14-27-3)13-7-15-29-17-16-28-4;1-15-7-9-17-18-10-8-16(2)14-20(18)21(3,19(17)13-15)11-5-6-12-22-4/h2*6-9,20-21,31H,10-19H2,1-5H3,(H,32,34);8-11,18-19,27H,5-7,12-17H2,1-4H3;7-10,13-14,22H,5-6,11-12H2,1-4H3. The Hall–Kier alpha value is -8.76. The smallest absolute Gasteiger partial charge is 0.222 e. The van der Waals surface area contributed by atoms with Crippen LogP contribution in [0.5, 0.6) is 0 Å². The minimum Gasteiger partial charge on any atom is -0.383 e. The molecule has 0 bridgehead atoms. The predicted molar refractivity (Wildman–Crippen MR) is 513 cm³/mol. The summed E-state index contributed by atoms with van der Waals surface area (Å²) in [5, 5.41) is 18.7. The highest BCUT2D eigenvalue weighted by atomic mass is 16.5. The molecular weight excluding hydrogens is 1560 g/mol. The van der Waals surface area contributed by atoms with Crippen LogP contribution in [0.4, 0.5) is 0 Å². The van der Waals surface area contributed by atoms with Crippen LogP contribution >= 0.6 is 0 Å². The van der Waals surface area contributed by atoms with Gasteiger partial charge in [-0.05, 0) is 250 Å². The third kappa shape index (κ3) is 25.6. The fourth-order valence-corrected chi connectivity index (χ4v) is 19.5. The molecular formula is C107H150N8O10. The van der Waals surface area contributed by atoms with Crippen molar-refractivity contribution in [2.24, 2.45) is 0 Å². The lowest BCUT2D eigenvalue weighted by atomic mass is 9.70. The van der Waals surface area contributed by atoms with Gasteiger partial charge in [0.1, 0.15) is 0 Å². The third-order valence-corrected chi connectivity index (χ3v) is 26.3. The second-order valence-electron chi connectivity index (χ2n) is 35.4. The molecule has 6 N–H and O–H groups in total. The highest BCUT2D eigenvalue weighted by Crippen LogP contribution is 2.58. The molecule has 0 saturated heterocycles. The van der Waals surface area contributed by atoms with Crippen molar-refractivity contribution in [2.75, 3.05) is 175 Å². The maximum absolute atomic E-state index is 13.5. The number of amides is 4. The maximum atomic E-state index is 13.5. The molecule has 0 spiro atoms. The van der Waals surface area contributed by atoms with E-state index >= 15 is 0 Å². The van der Waals surface area contributed by atoms with Crippen molar-refractivity contribution in [2.45, 2.75) is 187 Å². The van der Waals surface area contributed by atoms with Crippen LogP contribution in [-0.2, 0) is 69.3 Å². The fraction of sp³-hybridized carbons (Fsp3) is 0.514. The second kappa shape index (κ2) is 49.5. The summed E-state index contributed by atoms with van der Waals surface area (Å²) >= 11 is 0. The van der Waals surface area contributed by atoms with E-state index in [0.717, 1.165) is 45.6 Å². The lowest BCUT2D eigenvalue weighted by Gasteiger charge is -2.33. The summed E-state index contributed by atoms with van der Waals surface area (Å²) < 4.78 is 31.9. The van der Waals surface area contributed by atoms with Gasteiger partial charge in [-0.3, -0.25) is 19.2 Å². The summed E-state index contributed by atoms with van der Waals surface area (Å²) in [6.45, 7) is 30.7. The Morgan fingerprint density at radius 3 is 0.824 bits per heavy atom. The molecule has 0 aromatic heterocycles. The molecule has 0 aliphatic heterocycles. The van der Waals surface area contributed by atoms with Gasteiger partial charge in [-0.2, -0.15) is 0 Å². The molecule has 0 radical (unpaired) electrons. The fourth-order valence-electron chi connectivity index (χ4n) is 19.5. The Labute approximate surface area is 750 Å². The average Bonchev–Trinajstić information content (AvgIpc) is 1.59. The van der Waals surface area contributed by atoms with Crippen LogP contribution in [0.25, 0.3) is 44.5 Å². The molecule has 18 nitrogen and oxygen atoms in total. The van der Waals surface area contributed by atoms with E-state index in [1.807, 2.05) is 38.0 Å². The Kier molecular flexibility index (Phi) is 39.6. The number of carbonyl (C=O) groups is 4. The molecule has 8 aromatic rings. The molecule has 4 amide bonds. The summed E-state index contributed by atoms with van der Waals surface area (Å²) in [6, 6.07) is 54.4. The van der Waals surface area contributed by atoms with E-state index in [2.05, 4.69) is 240 Å². The number of ether oxygens (including phenoxy) is 6. The molecule has 678 valence electrons. The van der Waals surface area contributed by atoms with Crippen molar-refractivity contribution in [1.29, 1.82) is 0 Å². The number of nitrogens with zero attached hydrogens (tertiary/aromatic N) is 2. The Bertz CT molecular complexity index is 4410. The van der Waals surface area contributed by atoms with Crippen LogP contribution < -0.4 is 31.9 Å². The largest absolute Gasteiger partial charge is 0.383 e. The first-order valence-electron chi connectivity index (χ1n) is 46.0. The molecule has 0 fully saturated rings. The van der Waals surface area contributed by atoms with Gasteiger partial charge in [0.25, 0.3) is 0 Å². The molecule has 4 aliphatic rings. The number of hydrogen-bond acceptors (Lipinski definition) is 14. The molecule has 0 heterocycles. The van der Waals surface area contributed by atoms with Gasteiger partial charge in [0.05, 0.1) is 39.6 Å². The SMILES string of the molecule is CNCCCCC1(C)c2cc(C)ccc2-c2ccc(C)cc21.CNCCCCC1(CCCOCCOC)c2cc(C)ccc2-c2ccc(C)cc21.CNCCNC(=O)CCC1(CCC(=O)N(CCOC)CCOC)c2cc(C)ccc2-c2ccc(C)cc21.CNCCNC(=O)CCC1(CCC(=O)N(CCOC)CCOC)c2cc(C)ccc2-c2ccc(C)cc21. The van der Waals surface area contributed by atoms with Gasteiger partial charge < -0.3 is 70.1 Å². The minimum atomic E-state index is -0.410. The van der Waals surface area contributed by atoms with E-state index in [-0.39, 0.29) is 34.5 Å². The van der Waals surface area contributed by atoms with Gasteiger partial charge in [0, 0.05) is 142 Å². The minimum absolute atomic E-state index is 0.0399. The number of methoxy groups -OCH3 is 5. The maximum Gasteiger partial charge on any atom is 0.222 e. The van der Waals surface area contributed by atoms with Crippen LogP contribution in [0, 0.1) is 55.4 Å². The summed E-state index contributed by atoms with van der Waals surface area (Å²) in [7, 11) is 16.1.